The van der Waals surface area contributed by atoms with E-state index < -0.39 is 9.84 Å². The Morgan fingerprint density at radius 1 is 1.04 bits per heavy atom. The molecule has 3 rings (SSSR count). The maximum Gasteiger partial charge on any atom is 0.254 e. The van der Waals surface area contributed by atoms with Crippen molar-refractivity contribution in [1.29, 1.82) is 5.26 Å². The second-order valence-corrected chi connectivity index (χ2v) is 8.25. The Balaban J connectivity index is 1.68. The summed E-state index contributed by atoms with van der Waals surface area (Å²) in [6.45, 7) is 2.48. The van der Waals surface area contributed by atoms with E-state index in [0.717, 1.165) is 11.9 Å². The van der Waals surface area contributed by atoms with Crippen molar-refractivity contribution in [2.75, 3.05) is 37.3 Å². The highest BCUT2D eigenvalue weighted by molar-refractivity contribution is 7.90. The van der Waals surface area contributed by atoms with Crippen LogP contribution in [0.5, 0.6) is 0 Å². The number of carbonyl (C=O) groups is 1. The van der Waals surface area contributed by atoms with E-state index in [-0.39, 0.29) is 10.8 Å². The van der Waals surface area contributed by atoms with Crippen LogP contribution in [0.4, 0.5) is 5.69 Å². The number of piperazine rings is 1. The molecular weight excluding hydrogens is 350 g/mol. The van der Waals surface area contributed by atoms with Crippen molar-refractivity contribution in [3.8, 4) is 6.07 Å². The predicted octanol–water partition coefficient (Wildman–Crippen LogP) is 1.92. The molecule has 0 bridgehead atoms. The van der Waals surface area contributed by atoms with Crippen LogP contribution >= 0.6 is 0 Å². The summed E-state index contributed by atoms with van der Waals surface area (Å²) >= 11 is 0. The lowest BCUT2D eigenvalue weighted by Gasteiger charge is -2.36. The Kier molecular flexibility index (Phi) is 4.96. The molecule has 6 nitrogen and oxygen atoms in total. The Hall–Kier alpha value is -2.85. The van der Waals surface area contributed by atoms with Gasteiger partial charge >= 0.3 is 0 Å². The summed E-state index contributed by atoms with van der Waals surface area (Å²) in [4.78, 5) is 16.7. The molecule has 0 N–H and O–H groups in total. The van der Waals surface area contributed by atoms with Crippen molar-refractivity contribution in [2.45, 2.75) is 4.90 Å². The van der Waals surface area contributed by atoms with Gasteiger partial charge in [-0.25, -0.2) is 8.42 Å². The topological polar surface area (TPSA) is 81.5 Å². The van der Waals surface area contributed by atoms with Crippen molar-refractivity contribution in [3.63, 3.8) is 0 Å². The number of hydrogen-bond donors (Lipinski definition) is 0. The van der Waals surface area contributed by atoms with Crippen molar-refractivity contribution < 1.29 is 13.2 Å². The van der Waals surface area contributed by atoms with Crippen LogP contribution < -0.4 is 4.90 Å². The van der Waals surface area contributed by atoms with Gasteiger partial charge in [0.2, 0.25) is 0 Å². The fraction of sp³-hybridized carbons (Fsp3) is 0.263. The minimum Gasteiger partial charge on any atom is -0.368 e. The van der Waals surface area contributed by atoms with Gasteiger partial charge in [-0.15, -0.1) is 0 Å². The predicted molar refractivity (Wildman–Crippen MR) is 98.8 cm³/mol. The molecule has 0 atom stereocenters. The molecule has 1 aliphatic heterocycles. The second kappa shape index (κ2) is 7.18. The van der Waals surface area contributed by atoms with Crippen LogP contribution in [0.1, 0.15) is 15.9 Å². The maximum atomic E-state index is 12.7. The first kappa shape index (κ1) is 18.0. The van der Waals surface area contributed by atoms with Gasteiger partial charge in [0, 0.05) is 43.7 Å². The lowest BCUT2D eigenvalue weighted by atomic mass is 10.1. The van der Waals surface area contributed by atoms with Gasteiger partial charge in [0.15, 0.2) is 9.84 Å². The van der Waals surface area contributed by atoms with Crippen LogP contribution in [0, 0.1) is 11.3 Å². The fourth-order valence-electron chi connectivity index (χ4n) is 2.96. The van der Waals surface area contributed by atoms with E-state index in [1.807, 2.05) is 12.1 Å². The lowest BCUT2D eigenvalue weighted by molar-refractivity contribution is 0.0746. The first-order valence-electron chi connectivity index (χ1n) is 8.23. The molecule has 7 heteroatoms. The molecule has 26 heavy (non-hydrogen) atoms. The van der Waals surface area contributed by atoms with E-state index in [1.54, 1.807) is 29.2 Å². The molecule has 2 aromatic carbocycles. The highest BCUT2D eigenvalue weighted by Crippen LogP contribution is 2.19. The third-order valence-corrected chi connectivity index (χ3v) is 5.55. The van der Waals surface area contributed by atoms with Gasteiger partial charge in [-0.05, 0) is 42.5 Å². The summed E-state index contributed by atoms with van der Waals surface area (Å²) in [5.41, 5.74) is 2.03. The average Bonchev–Trinajstić information content (AvgIpc) is 2.67. The number of rotatable bonds is 3. The Labute approximate surface area is 153 Å². The third-order valence-electron chi connectivity index (χ3n) is 4.44. The van der Waals surface area contributed by atoms with Crippen molar-refractivity contribution in [3.05, 3.63) is 59.7 Å². The molecule has 0 aliphatic carbocycles. The zero-order valence-electron chi connectivity index (χ0n) is 14.4. The minimum atomic E-state index is -3.34. The SMILES string of the molecule is CS(=O)(=O)c1cccc(C(=O)N2CCN(c3ccc(C#N)cc3)CC2)c1. The summed E-state index contributed by atoms with van der Waals surface area (Å²) in [5.74, 6) is -0.157. The highest BCUT2D eigenvalue weighted by atomic mass is 32.2. The molecule has 0 saturated carbocycles. The zero-order chi connectivity index (χ0) is 18.7. The molecule has 2 aromatic rings. The largest absolute Gasteiger partial charge is 0.368 e. The summed E-state index contributed by atoms with van der Waals surface area (Å²) in [6, 6.07) is 15.6. The molecular formula is C19H19N3O3S. The number of benzene rings is 2. The number of amides is 1. The molecule has 0 spiro atoms. The molecule has 1 aliphatic rings. The smallest absolute Gasteiger partial charge is 0.254 e. The first-order valence-corrected chi connectivity index (χ1v) is 10.1. The van der Waals surface area contributed by atoms with Gasteiger partial charge in [-0.1, -0.05) is 6.07 Å². The normalized spacial score (nSPS) is 14.8. The number of sulfone groups is 1. The van der Waals surface area contributed by atoms with E-state index in [2.05, 4.69) is 11.0 Å². The van der Waals surface area contributed by atoms with Gasteiger partial charge in [-0.2, -0.15) is 5.26 Å². The van der Waals surface area contributed by atoms with Crippen molar-refractivity contribution in [1.82, 2.24) is 4.90 Å². The summed E-state index contributed by atoms with van der Waals surface area (Å²) < 4.78 is 23.4. The van der Waals surface area contributed by atoms with Crippen LogP contribution in [0.25, 0.3) is 0 Å². The average molecular weight is 369 g/mol. The van der Waals surface area contributed by atoms with Gasteiger partial charge < -0.3 is 9.80 Å². The molecule has 1 saturated heterocycles. The standard InChI is InChI=1S/C19H19N3O3S/c1-26(24,25)18-4-2-3-16(13-18)19(23)22-11-9-21(10-12-22)17-7-5-15(14-20)6-8-17/h2-8,13H,9-12H2,1H3. The number of hydrogen-bond acceptors (Lipinski definition) is 5. The van der Waals surface area contributed by atoms with Crippen LogP contribution in [0.3, 0.4) is 0 Å². The molecule has 0 aromatic heterocycles. The van der Waals surface area contributed by atoms with Crippen LogP contribution in [0.15, 0.2) is 53.4 Å². The number of carbonyl (C=O) groups excluding carboxylic acids is 1. The lowest BCUT2D eigenvalue weighted by Crippen LogP contribution is -2.48. The molecule has 134 valence electrons. The summed E-state index contributed by atoms with van der Waals surface area (Å²) in [7, 11) is -3.34. The molecule has 1 heterocycles. The van der Waals surface area contributed by atoms with Crippen LogP contribution in [0.2, 0.25) is 0 Å². The van der Waals surface area contributed by atoms with E-state index in [0.29, 0.717) is 37.3 Å². The van der Waals surface area contributed by atoms with E-state index in [9.17, 15) is 13.2 Å². The minimum absolute atomic E-state index is 0.152. The Morgan fingerprint density at radius 2 is 1.69 bits per heavy atom. The fourth-order valence-corrected chi connectivity index (χ4v) is 3.62. The van der Waals surface area contributed by atoms with E-state index in [4.69, 9.17) is 5.26 Å². The van der Waals surface area contributed by atoms with Crippen molar-refractivity contribution in [2.24, 2.45) is 0 Å². The third kappa shape index (κ3) is 3.86. The highest BCUT2D eigenvalue weighted by Gasteiger charge is 2.23. The summed E-state index contributed by atoms with van der Waals surface area (Å²) in [5, 5.41) is 8.87. The molecule has 0 radical (unpaired) electrons. The molecule has 1 amide bonds. The van der Waals surface area contributed by atoms with Gasteiger partial charge in [0.25, 0.3) is 5.91 Å². The van der Waals surface area contributed by atoms with E-state index in [1.165, 1.54) is 12.1 Å². The number of nitrogens with zero attached hydrogens (tertiary/aromatic N) is 3. The van der Waals surface area contributed by atoms with Crippen LogP contribution in [-0.4, -0.2) is 51.7 Å². The van der Waals surface area contributed by atoms with E-state index >= 15 is 0 Å². The summed E-state index contributed by atoms with van der Waals surface area (Å²) in [6.07, 6.45) is 1.13. The van der Waals surface area contributed by atoms with Crippen molar-refractivity contribution >= 4 is 21.4 Å². The maximum absolute atomic E-state index is 12.7. The quantitative estimate of drug-likeness (QED) is 0.826. The molecule has 1 fully saturated rings. The number of nitriles is 1. The zero-order valence-corrected chi connectivity index (χ0v) is 15.2. The van der Waals surface area contributed by atoms with Gasteiger partial charge in [-0.3, -0.25) is 4.79 Å². The monoisotopic (exact) mass is 369 g/mol. The number of anilines is 1. The second-order valence-electron chi connectivity index (χ2n) is 6.24. The van der Waals surface area contributed by atoms with Crippen LogP contribution in [-0.2, 0) is 9.84 Å². The van der Waals surface area contributed by atoms with Gasteiger partial charge in [0.1, 0.15) is 0 Å². The Bertz CT molecular complexity index is 954. The molecule has 0 unspecified atom stereocenters. The van der Waals surface area contributed by atoms with Gasteiger partial charge in [0.05, 0.1) is 16.5 Å². The Morgan fingerprint density at radius 3 is 2.27 bits per heavy atom. The first-order chi connectivity index (χ1) is 12.4.